The van der Waals surface area contributed by atoms with E-state index in [0.29, 0.717) is 6.04 Å². The highest BCUT2D eigenvalue weighted by Crippen LogP contribution is 2.28. The van der Waals surface area contributed by atoms with Gasteiger partial charge < -0.3 is 9.88 Å². The summed E-state index contributed by atoms with van der Waals surface area (Å²) in [5.41, 5.74) is 0. The molecule has 18 heavy (non-hydrogen) atoms. The highest BCUT2D eigenvalue weighted by atomic mass is 32.1. The van der Waals surface area contributed by atoms with E-state index in [1.165, 1.54) is 17.7 Å². The number of imidazole rings is 1. The lowest BCUT2D eigenvalue weighted by Gasteiger charge is -2.18. The van der Waals surface area contributed by atoms with Crippen molar-refractivity contribution >= 4 is 17.3 Å². The lowest BCUT2D eigenvalue weighted by atomic mass is 10.2. The molecule has 2 heterocycles. The van der Waals surface area contributed by atoms with E-state index in [1.807, 2.05) is 17.5 Å². The number of nitrogens with zero attached hydrogens (tertiary/aromatic N) is 2. The van der Waals surface area contributed by atoms with Gasteiger partial charge in [-0.25, -0.2) is 4.98 Å². The van der Waals surface area contributed by atoms with Gasteiger partial charge in [-0.05, 0) is 24.3 Å². The van der Waals surface area contributed by atoms with Crippen molar-refractivity contribution in [2.75, 3.05) is 11.9 Å². The number of unbranched alkanes of at least 4 members (excludes halogenated alkanes) is 1. The molecule has 0 aromatic carbocycles. The van der Waals surface area contributed by atoms with Crippen molar-refractivity contribution in [1.29, 1.82) is 0 Å². The minimum atomic E-state index is 0.400. The number of rotatable bonds is 7. The molecule has 1 unspecified atom stereocenters. The average molecular weight is 263 g/mol. The standard InChI is InChI=1S/C14H21N3S/c1-3-5-8-15-14-16-9-10-17(14)12(4-2)13-7-6-11-18-13/h6-7,9-12H,3-5,8H2,1-2H3,(H,15,16). The smallest absolute Gasteiger partial charge is 0.203 e. The minimum absolute atomic E-state index is 0.400. The van der Waals surface area contributed by atoms with Crippen LogP contribution in [0, 0.1) is 0 Å². The fraction of sp³-hybridized carbons (Fsp3) is 0.500. The maximum Gasteiger partial charge on any atom is 0.203 e. The highest BCUT2D eigenvalue weighted by Gasteiger charge is 2.15. The third kappa shape index (κ3) is 2.93. The lowest BCUT2D eigenvalue weighted by molar-refractivity contribution is 0.579. The largest absolute Gasteiger partial charge is 0.356 e. The van der Waals surface area contributed by atoms with Gasteiger partial charge in [0.15, 0.2) is 0 Å². The Morgan fingerprint density at radius 2 is 2.33 bits per heavy atom. The summed E-state index contributed by atoms with van der Waals surface area (Å²) in [5.74, 6) is 0.990. The lowest BCUT2D eigenvalue weighted by Crippen LogP contribution is -2.13. The molecule has 1 atom stereocenters. The van der Waals surface area contributed by atoms with Gasteiger partial charge in [0.2, 0.25) is 5.95 Å². The molecule has 1 N–H and O–H groups in total. The molecule has 0 bridgehead atoms. The summed E-state index contributed by atoms with van der Waals surface area (Å²) in [4.78, 5) is 5.82. The molecule has 0 aliphatic heterocycles. The van der Waals surface area contributed by atoms with Crippen LogP contribution in [0.4, 0.5) is 5.95 Å². The molecule has 0 spiro atoms. The molecule has 0 aliphatic rings. The topological polar surface area (TPSA) is 29.9 Å². The van der Waals surface area contributed by atoms with Gasteiger partial charge in [-0.3, -0.25) is 0 Å². The monoisotopic (exact) mass is 263 g/mol. The molecule has 98 valence electrons. The quantitative estimate of drug-likeness (QED) is 0.760. The molecule has 0 radical (unpaired) electrons. The van der Waals surface area contributed by atoms with E-state index in [0.717, 1.165) is 18.9 Å². The van der Waals surface area contributed by atoms with Crippen molar-refractivity contribution in [2.24, 2.45) is 0 Å². The van der Waals surface area contributed by atoms with Gasteiger partial charge in [-0.15, -0.1) is 11.3 Å². The van der Waals surface area contributed by atoms with Gasteiger partial charge in [0, 0.05) is 23.8 Å². The Balaban J connectivity index is 2.13. The highest BCUT2D eigenvalue weighted by molar-refractivity contribution is 7.10. The van der Waals surface area contributed by atoms with Gasteiger partial charge in [0.05, 0.1) is 6.04 Å². The Morgan fingerprint density at radius 1 is 1.44 bits per heavy atom. The summed E-state index contributed by atoms with van der Waals surface area (Å²) in [5, 5.41) is 5.57. The van der Waals surface area contributed by atoms with E-state index in [4.69, 9.17) is 0 Å². The molecule has 0 amide bonds. The van der Waals surface area contributed by atoms with Crippen molar-refractivity contribution in [2.45, 2.75) is 39.2 Å². The third-order valence-corrected chi connectivity index (χ3v) is 4.05. The maximum absolute atomic E-state index is 4.42. The van der Waals surface area contributed by atoms with Gasteiger partial charge in [-0.2, -0.15) is 0 Å². The van der Waals surface area contributed by atoms with Gasteiger partial charge in [0.1, 0.15) is 0 Å². The van der Waals surface area contributed by atoms with Gasteiger partial charge in [-0.1, -0.05) is 26.3 Å². The average Bonchev–Trinajstić information content (AvgIpc) is 3.03. The van der Waals surface area contributed by atoms with E-state index in [-0.39, 0.29) is 0 Å². The Morgan fingerprint density at radius 3 is 3.00 bits per heavy atom. The first-order chi connectivity index (χ1) is 8.86. The predicted octanol–water partition coefficient (Wildman–Crippen LogP) is 4.16. The number of aromatic nitrogens is 2. The van der Waals surface area contributed by atoms with Crippen LogP contribution in [0.3, 0.4) is 0 Å². The zero-order chi connectivity index (χ0) is 12.8. The number of hydrogen-bond donors (Lipinski definition) is 1. The van der Waals surface area contributed by atoms with Crippen LogP contribution < -0.4 is 5.32 Å². The molecule has 0 saturated carbocycles. The van der Waals surface area contributed by atoms with Crippen LogP contribution in [-0.2, 0) is 0 Å². The first-order valence-electron chi connectivity index (χ1n) is 6.67. The molecule has 0 saturated heterocycles. The minimum Gasteiger partial charge on any atom is -0.356 e. The van der Waals surface area contributed by atoms with Gasteiger partial charge in [0.25, 0.3) is 0 Å². The third-order valence-electron chi connectivity index (χ3n) is 3.08. The normalized spacial score (nSPS) is 12.6. The summed E-state index contributed by atoms with van der Waals surface area (Å²) >= 11 is 1.81. The van der Waals surface area contributed by atoms with Crippen molar-refractivity contribution in [3.63, 3.8) is 0 Å². The Hall–Kier alpha value is -1.29. The Labute approximate surface area is 113 Å². The molecular weight excluding hydrogens is 242 g/mol. The molecule has 2 rings (SSSR count). The number of hydrogen-bond acceptors (Lipinski definition) is 3. The van der Waals surface area contributed by atoms with E-state index in [9.17, 15) is 0 Å². The van der Waals surface area contributed by atoms with Crippen LogP contribution >= 0.6 is 11.3 Å². The van der Waals surface area contributed by atoms with Crippen LogP contribution in [0.5, 0.6) is 0 Å². The first-order valence-corrected chi connectivity index (χ1v) is 7.54. The summed E-state index contributed by atoms with van der Waals surface area (Å²) in [6.07, 6.45) is 7.42. The second-order valence-corrected chi connectivity index (χ2v) is 5.36. The predicted molar refractivity (Wildman–Crippen MR) is 78.4 cm³/mol. The van der Waals surface area contributed by atoms with E-state index >= 15 is 0 Å². The first kappa shape index (κ1) is 13.1. The summed E-state index contributed by atoms with van der Waals surface area (Å²) < 4.78 is 2.25. The molecule has 2 aromatic rings. The molecular formula is C14H21N3S. The molecule has 2 aromatic heterocycles. The van der Waals surface area contributed by atoms with Crippen molar-refractivity contribution < 1.29 is 0 Å². The van der Waals surface area contributed by atoms with Crippen LogP contribution in [0.1, 0.15) is 44.0 Å². The zero-order valence-electron chi connectivity index (χ0n) is 11.1. The van der Waals surface area contributed by atoms with Crippen molar-refractivity contribution in [3.05, 3.63) is 34.8 Å². The van der Waals surface area contributed by atoms with E-state index < -0.39 is 0 Å². The van der Waals surface area contributed by atoms with Crippen LogP contribution in [0.25, 0.3) is 0 Å². The number of nitrogens with one attached hydrogen (secondary N) is 1. The molecule has 0 fully saturated rings. The Bertz CT molecular complexity index is 447. The zero-order valence-corrected chi connectivity index (χ0v) is 11.9. The molecule has 3 nitrogen and oxygen atoms in total. The molecule has 0 aliphatic carbocycles. The van der Waals surface area contributed by atoms with Crippen molar-refractivity contribution in [1.82, 2.24) is 9.55 Å². The van der Waals surface area contributed by atoms with Gasteiger partial charge >= 0.3 is 0 Å². The van der Waals surface area contributed by atoms with Crippen molar-refractivity contribution in [3.8, 4) is 0 Å². The SMILES string of the molecule is CCCCNc1nccn1C(CC)c1cccs1. The maximum atomic E-state index is 4.42. The second-order valence-electron chi connectivity index (χ2n) is 4.38. The van der Waals surface area contributed by atoms with Crippen LogP contribution in [0.2, 0.25) is 0 Å². The Kier molecular flexibility index (Phi) is 4.81. The summed E-state index contributed by atoms with van der Waals surface area (Å²) in [7, 11) is 0. The summed E-state index contributed by atoms with van der Waals surface area (Å²) in [6, 6.07) is 4.72. The fourth-order valence-electron chi connectivity index (χ4n) is 2.09. The fourth-order valence-corrected chi connectivity index (χ4v) is 3.00. The van der Waals surface area contributed by atoms with Crippen LogP contribution in [0.15, 0.2) is 29.9 Å². The number of thiophene rings is 1. The number of anilines is 1. The second kappa shape index (κ2) is 6.59. The van der Waals surface area contributed by atoms with E-state index in [1.54, 1.807) is 0 Å². The van der Waals surface area contributed by atoms with E-state index in [2.05, 4.69) is 52.4 Å². The molecule has 4 heteroatoms. The van der Waals surface area contributed by atoms with Crippen LogP contribution in [-0.4, -0.2) is 16.1 Å². The summed E-state index contributed by atoms with van der Waals surface area (Å²) in [6.45, 7) is 5.42.